The molecule has 5 aromatic rings. The van der Waals surface area contributed by atoms with E-state index in [1.54, 1.807) is 32.4 Å². The minimum Gasteiger partial charge on any atom is -0.497 e. The SMILES string of the molecule is COc1ccc(C(CC(C)N(Cc2ccccc2)C[C@H](O)COc2ccc(OCc3ccccc3)c(NC=O)c2)c2ccc(OC)cc2)cc1. The number of methoxy groups -OCH3 is 2. The van der Waals surface area contributed by atoms with E-state index in [2.05, 4.69) is 53.5 Å². The van der Waals surface area contributed by atoms with Gasteiger partial charge in [-0.1, -0.05) is 84.9 Å². The number of anilines is 1. The van der Waals surface area contributed by atoms with Crippen molar-refractivity contribution in [3.8, 4) is 23.0 Å². The molecular weight excluding hydrogens is 628 g/mol. The fourth-order valence-corrected chi connectivity index (χ4v) is 6.00. The summed E-state index contributed by atoms with van der Waals surface area (Å²) in [6.07, 6.45) is 0.639. The van der Waals surface area contributed by atoms with E-state index < -0.39 is 6.10 Å². The Bertz CT molecular complexity index is 1690. The van der Waals surface area contributed by atoms with E-state index in [0.717, 1.165) is 29.0 Å². The summed E-state index contributed by atoms with van der Waals surface area (Å²) in [5.74, 6) is 2.77. The third-order valence-corrected chi connectivity index (χ3v) is 8.76. The molecule has 50 heavy (non-hydrogen) atoms. The van der Waals surface area contributed by atoms with E-state index in [1.165, 1.54) is 11.1 Å². The van der Waals surface area contributed by atoms with Crippen LogP contribution in [-0.4, -0.2) is 55.9 Å². The monoisotopic (exact) mass is 674 g/mol. The first-order valence-corrected chi connectivity index (χ1v) is 16.8. The number of carbonyl (C=O) groups is 1. The maximum atomic E-state index is 11.4. The predicted octanol–water partition coefficient (Wildman–Crippen LogP) is 7.70. The van der Waals surface area contributed by atoms with Gasteiger partial charge in [0.1, 0.15) is 42.3 Å². The summed E-state index contributed by atoms with van der Waals surface area (Å²) in [6.45, 7) is 3.70. The molecule has 0 saturated carbocycles. The van der Waals surface area contributed by atoms with Gasteiger partial charge in [0.25, 0.3) is 0 Å². The first-order valence-electron chi connectivity index (χ1n) is 16.8. The molecule has 0 radical (unpaired) electrons. The van der Waals surface area contributed by atoms with E-state index in [1.807, 2.05) is 72.8 Å². The fraction of sp³-hybridized carbons (Fsp3) is 0.262. The van der Waals surface area contributed by atoms with Gasteiger partial charge in [-0.25, -0.2) is 0 Å². The second-order valence-corrected chi connectivity index (χ2v) is 12.3. The standard InChI is InChI=1S/C42H46N2O6/c1-31(24-40(34-14-18-37(47-2)19-15-34)35-16-20-38(48-3)21-17-35)44(26-32-10-6-4-7-11-32)27-36(46)29-49-39-22-23-42(41(25-39)43-30-45)50-28-33-12-8-5-9-13-33/h4-23,25,30-31,36,40,46H,24,26-29H2,1-3H3,(H,43,45)/t31?,36-/m0/s1. The molecule has 2 atom stereocenters. The first-order chi connectivity index (χ1) is 24.4. The molecule has 1 amide bonds. The van der Waals surface area contributed by atoms with Crippen LogP contribution in [-0.2, 0) is 17.9 Å². The number of aliphatic hydroxyl groups excluding tert-OH is 1. The van der Waals surface area contributed by atoms with Gasteiger partial charge < -0.3 is 29.4 Å². The van der Waals surface area contributed by atoms with Crippen molar-refractivity contribution in [3.63, 3.8) is 0 Å². The highest BCUT2D eigenvalue weighted by molar-refractivity contribution is 5.76. The molecule has 0 aliphatic rings. The Labute approximate surface area is 295 Å². The Balaban J connectivity index is 1.29. The van der Waals surface area contributed by atoms with E-state index >= 15 is 0 Å². The van der Waals surface area contributed by atoms with Crippen LogP contribution in [0.2, 0.25) is 0 Å². The van der Waals surface area contributed by atoms with Gasteiger partial charge in [-0.05, 0) is 72.0 Å². The quantitative estimate of drug-likeness (QED) is 0.0868. The number of hydrogen-bond donors (Lipinski definition) is 2. The number of amides is 1. The number of nitrogens with zero attached hydrogens (tertiary/aromatic N) is 1. The van der Waals surface area contributed by atoms with Gasteiger partial charge in [0.15, 0.2) is 0 Å². The van der Waals surface area contributed by atoms with Gasteiger partial charge in [0.05, 0.1) is 19.9 Å². The number of rotatable bonds is 19. The van der Waals surface area contributed by atoms with Crippen LogP contribution in [0.4, 0.5) is 5.69 Å². The van der Waals surface area contributed by atoms with Crippen LogP contribution in [0.25, 0.3) is 0 Å². The third-order valence-electron chi connectivity index (χ3n) is 8.76. The summed E-state index contributed by atoms with van der Waals surface area (Å²) in [5, 5.41) is 14.0. The summed E-state index contributed by atoms with van der Waals surface area (Å²) >= 11 is 0. The maximum Gasteiger partial charge on any atom is 0.211 e. The molecule has 0 aliphatic carbocycles. The van der Waals surface area contributed by atoms with Gasteiger partial charge in [0, 0.05) is 31.1 Å². The first kappa shape index (κ1) is 36.0. The summed E-state index contributed by atoms with van der Waals surface area (Å²) in [5.41, 5.74) is 5.03. The Morgan fingerprint density at radius 3 is 1.84 bits per heavy atom. The van der Waals surface area contributed by atoms with E-state index in [4.69, 9.17) is 18.9 Å². The molecule has 5 aromatic carbocycles. The number of hydrogen-bond acceptors (Lipinski definition) is 7. The highest BCUT2D eigenvalue weighted by atomic mass is 16.5. The van der Waals surface area contributed by atoms with Gasteiger partial charge in [-0.3, -0.25) is 9.69 Å². The number of ether oxygens (including phenoxy) is 4. The normalized spacial score (nSPS) is 12.3. The smallest absolute Gasteiger partial charge is 0.211 e. The second-order valence-electron chi connectivity index (χ2n) is 12.3. The number of carbonyl (C=O) groups excluding carboxylic acids is 1. The molecule has 8 heteroatoms. The van der Waals surface area contributed by atoms with Crippen molar-refractivity contribution < 1.29 is 28.8 Å². The fourth-order valence-electron chi connectivity index (χ4n) is 6.00. The number of benzene rings is 5. The van der Waals surface area contributed by atoms with Crippen molar-refractivity contribution in [3.05, 3.63) is 150 Å². The minimum absolute atomic E-state index is 0.0726. The van der Waals surface area contributed by atoms with Crippen molar-refractivity contribution in [2.75, 3.05) is 32.7 Å². The Kier molecular flexibility index (Phi) is 13.3. The summed E-state index contributed by atoms with van der Waals surface area (Å²) in [6, 6.07) is 41.9. The Morgan fingerprint density at radius 2 is 1.28 bits per heavy atom. The van der Waals surface area contributed by atoms with Crippen LogP contribution >= 0.6 is 0 Å². The average molecular weight is 675 g/mol. The highest BCUT2D eigenvalue weighted by Gasteiger charge is 2.24. The molecule has 5 rings (SSSR count). The molecule has 0 fully saturated rings. The highest BCUT2D eigenvalue weighted by Crippen LogP contribution is 2.34. The molecule has 1 unspecified atom stereocenters. The number of nitrogens with one attached hydrogen (secondary N) is 1. The Morgan fingerprint density at radius 1 is 0.720 bits per heavy atom. The van der Waals surface area contributed by atoms with Crippen LogP contribution in [0.15, 0.2) is 127 Å². The largest absolute Gasteiger partial charge is 0.497 e. The lowest BCUT2D eigenvalue weighted by atomic mass is 9.85. The topological polar surface area (TPSA) is 89.5 Å². The predicted molar refractivity (Wildman–Crippen MR) is 197 cm³/mol. The van der Waals surface area contributed by atoms with Crippen molar-refractivity contribution in [1.82, 2.24) is 4.90 Å². The lowest BCUT2D eigenvalue weighted by Crippen LogP contribution is -2.41. The molecular formula is C42H46N2O6. The molecule has 0 spiro atoms. The average Bonchev–Trinajstić information content (AvgIpc) is 3.16. The molecule has 0 bridgehead atoms. The van der Waals surface area contributed by atoms with Crippen LogP contribution in [0.5, 0.6) is 23.0 Å². The number of aliphatic hydroxyl groups is 1. The molecule has 0 heterocycles. The van der Waals surface area contributed by atoms with Crippen molar-refractivity contribution in [2.45, 2.75) is 44.6 Å². The van der Waals surface area contributed by atoms with Gasteiger partial charge in [-0.2, -0.15) is 0 Å². The minimum atomic E-state index is -0.780. The van der Waals surface area contributed by atoms with Gasteiger partial charge in [-0.15, -0.1) is 0 Å². The van der Waals surface area contributed by atoms with Gasteiger partial charge in [0.2, 0.25) is 6.41 Å². The molecule has 0 saturated heterocycles. The van der Waals surface area contributed by atoms with E-state index in [9.17, 15) is 9.90 Å². The van der Waals surface area contributed by atoms with Crippen LogP contribution in [0, 0.1) is 0 Å². The molecule has 0 aromatic heterocycles. The second kappa shape index (κ2) is 18.5. The molecule has 260 valence electrons. The lowest BCUT2D eigenvalue weighted by Gasteiger charge is -2.34. The molecule has 0 aliphatic heterocycles. The van der Waals surface area contributed by atoms with Crippen molar-refractivity contribution in [1.29, 1.82) is 0 Å². The lowest BCUT2D eigenvalue weighted by molar-refractivity contribution is -0.105. The summed E-state index contributed by atoms with van der Waals surface area (Å²) in [4.78, 5) is 13.7. The van der Waals surface area contributed by atoms with E-state index in [-0.39, 0.29) is 18.6 Å². The zero-order valence-electron chi connectivity index (χ0n) is 28.9. The Hall–Kier alpha value is -5.31. The van der Waals surface area contributed by atoms with Crippen LogP contribution in [0.3, 0.4) is 0 Å². The summed E-state index contributed by atoms with van der Waals surface area (Å²) < 4.78 is 22.9. The zero-order chi connectivity index (χ0) is 35.1. The van der Waals surface area contributed by atoms with Crippen molar-refractivity contribution >= 4 is 12.1 Å². The molecule has 8 nitrogen and oxygen atoms in total. The molecule has 2 N–H and O–H groups in total. The third kappa shape index (κ3) is 10.3. The summed E-state index contributed by atoms with van der Waals surface area (Å²) in [7, 11) is 3.35. The van der Waals surface area contributed by atoms with Crippen LogP contribution < -0.4 is 24.3 Å². The zero-order valence-corrected chi connectivity index (χ0v) is 28.9. The van der Waals surface area contributed by atoms with E-state index in [0.29, 0.717) is 43.3 Å². The van der Waals surface area contributed by atoms with Crippen LogP contribution in [0.1, 0.15) is 41.5 Å². The maximum absolute atomic E-state index is 11.4. The van der Waals surface area contributed by atoms with Gasteiger partial charge >= 0.3 is 0 Å². The van der Waals surface area contributed by atoms with Crippen molar-refractivity contribution in [2.24, 2.45) is 0 Å².